The molecular weight excluding hydrogens is 204 g/mol. The zero-order valence-corrected chi connectivity index (χ0v) is 8.18. The van der Waals surface area contributed by atoms with Crippen molar-refractivity contribution in [2.75, 3.05) is 0 Å². The first-order valence-electron chi connectivity index (χ1n) is 4.01. The molecule has 0 aliphatic heterocycles. The summed E-state index contributed by atoms with van der Waals surface area (Å²) in [5, 5.41) is 18.7. The third kappa shape index (κ3) is 1.41. The van der Waals surface area contributed by atoms with E-state index in [1.165, 1.54) is 23.5 Å². The average molecular weight is 211 g/mol. The lowest BCUT2D eigenvalue weighted by atomic mass is 9.79. The molecule has 0 saturated carbocycles. The van der Waals surface area contributed by atoms with Gasteiger partial charge in [-0.05, 0) is 13.0 Å². The summed E-state index contributed by atoms with van der Waals surface area (Å²) in [7, 11) is -1.61. The highest BCUT2D eigenvalue weighted by atomic mass is 32.1. The lowest BCUT2D eigenvalue weighted by Crippen LogP contribution is -2.30. The van der Waals surface area contributed by atoms with Crippen LogP contribution in [0.3, 0.4) is 0 Å². The lowest BCUT2D eigenvalue weighted by Gasteiger charge is -1.99. The number of rotatable bonds is 1. The maximum atomic E-state index is 13.3. The Morgan fingerprint density at radius 1 is 1.43 bits per heavy atom. The fourth-order valence-corrected chi connectivity index (χ4v) is 2.17. The van der Waals surface area contributed by atoms with Crippen LogP contribution in [0.2, 0.25) is 0 Å². The number of hydrogen-bond acceptors (Lipinski definition) is 4. The number of thiazole rings is 1. The lowest BCUT2D eigenvalue weighted by molar-refractivity contribution is 0.426. The van der Waals surface area contributed by atoms with Crippen LogP contribution in [0, 0.1) is 12.7 Å². The third-order valence-corrected chi connectivity index (χ3v) is 2.89. The normalized spacial score (nSPS) is 10.9. The van der Waals surface area contributed by atoms with E-state index in [2.05, 4.69) is 4.98 Å². The molecule has 2 N–H and O–H groups in total. The standard InChI is InChI=1S/C8H7BFNO2S/c1-4-11-7-5(9(12)13)2-3-6(10)8(7)14-4/h2-3,12-13H,1H3. The van der Waals surface area contributed by atoms with Crippen molar-refractivity contribution in [2.24, 2.45) is 0 Å². The summed E-state index contributed by atoms with van der Waals surface area (Å²) < 4.78 is 13.6. The molecule has 0 spiro atoms. The largest absolute Gasteiger partial charge is 0.490 e. The van der Waals surface area contributed by atoms with E-state index in [9.17, 15) is 4.39 Å². The van der Waals surface area contributed by atoms with Crippen LogP contribution >= 0.6 is 11.3 Å². The van der Waals surface area contributed by atoms with Crippen molar-refractivity contribution >= 4 is 34.1 Å². The summed E-state index contributed by atoms with van der Waals surface area (Å²) in [6.45, 7) is 1.75. The smallest absolute Gasteiger partial charge is 0.423 e. The first kappa shape index (κ1) is 9.58. The Kier molecular flexibility index (Phi) is 2.26. The van der Waals surface area contributed by atoms with Gasteiger partial charge in [-0.2, -0.15) is 0 Å². The van der Waals surface area contributed by atoms with Gasteiger partial charge in [-0.3, -0.25) is 0 Å². The Morgan fingerprint density at radius 3 is 2.79 bits per heavy atom. The minimum atomic E-state index is -1.61. The Bertz CT molecular complexity index is 485. The van der Waals surface area contributed by atoms with Crippen molar-refractivity contribution in [3.8, 4) is 0 Å². The average Bonchev–Trinajstić information content (AvgIpc) is 2.47. The fourth-order valence-electron chi connectivity index (χ4n) is 1.31. The summed E-state index contributed by atoms with van der Waals surface area (Å²) in [5.74, 6) is -0.380. The molecule has 0 radical (unpaired) electrons. The SMILES string of the molecule is Cc1nc2c(B(O)O)ccc(F)c2s1. The Hall–Kier alpha value is -0.975. The second-order valence-electron chi connectivity index (χ2n) is 2.92. The molecule has 0 amide bonds. The second-order valence-corrected chi connectivity index (χ2v) is 4.12. The van der Waals surface area contributed by atoms with Crippen molar-refractivity contribution < 1.29 is 14.4 Å². The monoisotopic (exact) mass is 211 g/mol. The summed E-state index contributed by atoms with van der Waals surface area (Å²) in [6, 6.07) is 2.55. The summed E-state index contributed by atoms with van der Waals surface area (Å²) in [4.78, 5) is 4.05. The van der Waals surface area contributed by atoms with Crippen molar-refractivity contribution in [1.29, 1.82) is 0 Å². The van der Waals surface area contributed by atoms with Gasteiger partial charge in [-0.15, -0.1) is 11.3 Å². The topological polar surface area (TPSA) is 53.4 Å². The third-order valence-electron chi connectivity index (χ3n) is 1.91. The number of aromatic nitrogens is 1. The molecule has 1 heterocycles. The van der Waals surface area contributed by atoms with Gasteiger partial charge in [0.2, 0.25) is 0 Å². The molecule has 2 aromatic rings. The van der Waals surface area contributed by atoms with Crippen molar-refractivity contribution in [1.82, 2.24) is 4.98 Å². The van der Waals surface area contributed by atoms with Gasteiger partial charge in [0.1, 0.15) is 5.82 Å². The molecule has 72 valence electrons. The van der Waals surface area contributed by atoms with Crippen molar-refractivity contribution in [3.05, 3.63) is 23.0 Å². The predicted molar refractivity (Wildman–Crippen MR) is 54.1 cm³/mol. The molecule has 0 fully saturated rings. The molecule has 3 nitrogen and oxygen atoms in total. The number of aryl methyl sites for hydroxylation is 1. The van der Waals surface area contributed by atoms with E-state index >= 15 is 0 Å². The summed E-state index contributed by atoms with van der Waals surface area (Å²) in [5.41, 5.74) is 0.577. The highest BCUT2D eigenvalue weighted by molar-refractivity contribution is 7.18. The number of fused-ring (bicyclic) bond motifs is 1. The van der Waals surface area contributed by atoms with Crippen LogP contribution < -0.4 is 5.46 Å². The first-order chi connectivity index (χ1) is 6.59. The number of nitrogens with zero attached hydrogens (tertiary/aromatic N) is 1. The van der Waals surface area contributed by atoms with Gasteiger partial charge in [0.25, 0.3) is 0 Å². The van der Waals surface area contributed by atoms with Gasteiger partial charge in [0.05, 0.1) is 15.2 Å². The molecule has 0 bridgehead atoms. The highest BCUT2D eigenvalue weighted by Crippen LogP contribution is 2.22. The van der Waals surface area contributed by atoms with E-state index in [0.717, 1.165) is 0 Å². The van der Waals surface area contributed by atoms with E-state index in [1.807, 2.05) is 0 Å². The van der Waals surface area contributed by atoms with Gasteiger partial charge in [-0.1, -0.05) is 6.07 Å². The van der Waals surface area contributed by atoms with Crippen molar-refractivity contribution in [2.45, 2.75) is 6.92 Å². The van der Waals surface area contributed by atoms with Gasteiger partial charge in [-0.25, -0.2) is 9.37 Å². The van der Waals surface area contributed by atoms with E-state index < -0.39 is 7.12 Å². The maximum absolute atomic E-state index is 13.3. The van der Waals surface area contributed by atoms with Crippen LogP contribution in [-0.4, -0.2) is 22.2 Å². The molecular formula is C8H7BFNO2S. The molecule has 2 rings (SSSR count). The van der Waals surface area contributed by atoms with Gasteiger partial charge in [0.15, 0.2) is 0 Å². The van der Waals surface area contributed by atoms with Crippen LogP contribution in [0.5, 0.6) is 0 Å². The van der Waals surface area contributed by atoms with E-state index in [4.69, 9.17) is 10.0 Å². The van der Waals surface area contributed by atoms with Crippen LogP contribution in [0.4, 0.5) is 4.39 Å². The first-order valence-corrected chi connectivity index (χ1v) is 4.83. The van der Waals surface area contributed by atoms with Gasteiger partial charge in [0, 0.05) is 5.46 Å². The Morgan fingerprint density at radius 2 is 2.14 bits per heavy atom. The van der Waals surface area contributed by atoms with Crippen molar-refractivity contribution in [3.63, 3.8) is 0 Å². The van der Waals surface area contributed by atoms with Gasteiger partial charge < -0.3 is 10.0 Å². The number of halogens is 1. The van der Waals surface area contributed by atoms with E-state index in [1.54, 1.807) is 6.92 Å². The quantitative estimate of drug-likeness (QED) is 0.672. The van der Waals surface area contributed by atoms with Crippen LogP contribution in [-0.2, 0) is 0 Å². The van der Waals surface area contributed by atoms with Crippen LogP contribution in [0.1, 0.15) is 5.01 Å². The Balaban J connectivity index is 2.81. The highest BCUT2D eigenvalue weighted by Gasteiger charge is 2.19. The zero-order valence-electron chi connectivity index (χ0n) is 7.36. The Labute approximate surface area is 84.0 Å². The predicted octanol–water partition coefficient (Wildman–Crippen LogP) is 0.424. The summed E-state index contributed by atoms with van der Waals surface area (Å²) in [6.07, 6.45) is 0. The second kappa shape index (κ2) is 3.31. The molecule has 0 saturated heterocycles. The molecule has 6 heteroatoms. The number of benzene rings is 1. The molecule has 1 aromatic heterocycles. The molecule has 1 aromatic carbocycles. The zero-order chi connectivity index (χ0) is 10.3. The molecule has 0 aliphatic rings. The summed E-state index contributed by atoms with van der Waals surface area (Å²) >= 11 is 1.20. The van der Waals surface area contributed by atoms with Crippen LogP contribution in [0.15, 0.2) is 12.1 Å². The molecule has 0 unspecified atom stereocenters. The number of hydrogen-bond donors (Lipinski definition) is 2. The molecule has 14 heavy (non-hydrogen) atoms. The minimum absolute atomic E-state index is 0.241. The van der Waals surface area contributed by atoms with Crippen LogP contribution in [0.25, 0.3) is 10.2 Å². The van der Waals surface area contributed by atoms with E-state index in [0.29, 0.717) is 15.2 Å². The van der Waals surface area contributed by atoms with Gasteiger partial charge >= 0.3 is 7.12 Å². The minimum Gasteiger partial charge on any atom is -0.423 e. The van der Waals surface area contributed by atoms with E-state index in [-0.39, 0.29) is 11.3 Å². The molecule has 0 atom stereocenters. The fraction of sp³-hybridized carbons (Fsp3) is 0.125. The maximum Gasteiger partial charge on any atom is 0.490 e. The molecule has 0 aliphatic carbocycles.